The Kier molecular flexibility index (Phi) is 3.87. The fourth-order valence-corrected chi connectivity index (χ4v) is 3.92. The number of hydrogen-bond acceptors (Lipinski definition) is 3. The predicted molar refractivity (Wildman–Crippen MR) is 109 cm³/mol. The minimum atomic E-state index is 0.842. The zero-order valence-corrected chi connectivity index (χ0v) is 15.6. The van der Waals surface area contributed by atoms with Crippen molar-refractivity contribution in [2.75, 3.05) is 6.26 Å². The van der Waals surface area contributed by atoms with Gasteiger partial charge in [-0.3, -0.25) is 0 Å². The first kappa shape index (κ1) is 16.0. The van der Waals surface area contributed by atoms with Crippen LogP contribution in [0.25, 0.3) is 33.6 Å². The smallest absolute Gasteiger partial charge is 0.213 e. The number of aromatic nitrogens is 4. The highest BCUT2D eigenvalue weighted by Gasteiger charge is 2.27. The first-order valence-electron chi connectivity index (χ1n) is 8.75. The number of benzene rings is 3. The summed E-state index contributed by atoms with van der Waals surface area (Å²) in [6, 6.07) is 28.8. The van der Waals surface area contributed by atoms with Gasteiger partial charge >= 0.3 is 5.16 Å². The van der Waals surface area contributed by atoms with E-state index < -0.39 is 0 Å². The molecule has 0 aliphatic rings. The lowest BCUT2D eigenvalue weighted by Gasteiger charge is -2.04. The van der Waals surface area contributed by atoms with Crippen LogP contribution in [0.5, 0.6) is 0 Å². The Hall–Kier alpha value is -3.18. The number of fused-ring (bicyclic) bond motifs is 3. The Balaban J connectivity index is 1.98. The van der Waals surface area contributed by atoms with Gasteiger partial charge in [-0.05, 0) is 42.7 Å². The second-order valence-electron chi connectivity index (χ2n) is 6.21. The van der Waals surface area contributed by atoms with Crippen LogP contribution in [0.4, 0.5) is 0 Å². The summed E-state index contributed by atoms with van der Waals surface area (Å²) in [6.45, 7) is 0. The summed E-state index contributed by atoms with van der Waals surface area (Å²) in [7, 11) is 0. The molecule has 0 fully saturated rings. The van der Waals surface area contributed by atoms with Crippen LogP contribution in [0, 0.1) is 0 Å². The van der Waals surface area contributed by atoms with Gasteiger partial charge in [0.05, 0.1) is 16.0 Å². The summed E-state index contributed by atoms with van der Waals surface area (Å²) >= 11 is 1.63. The summed E-state index contributed by atoms with van der Waals surface area (Å²) in [5, 5.41) is 6.92. The molecular formula is C22H17N4S+. The van der Waals surface area contributed by atoms with E-state index in [9.17, 15) is 0 Å². The zero-order chi connectivity index (χ0) is 18.2. The molecule has 2 heterocycles. The van der Waals surface area contributed by atoms with Gasteiger partial charge in [-0.15, -0.1) is 0 Å². The van der Waals surface area contributed by atoms with E-state index in [1.807, 2.05) is 40.9 Å². The van der Waals surface area contributed by atoms with Crippen LogP contribution in [0.15, 0.2) is 90.1 Å². The minimum Gasteiger partial charge on any atom is -0.213 e. The van der Waals surface area contributed by atoms with Crippen molar-refractivity contribution in [3.63, 3.8) is 0 Å². The molecule has 5 heteroatoms. The Bertz CT molecular complexity index is 1250. The van der Waals surface area contributed by atoms with Crippen LogP contribution < -0.4 is 4.57 Å². The highest BCUT2D eigenvalue weighted by atomic mass is 32.2. The van der Waals surface area contributed by atoms with Crippen molar-refractivity contribution < 1.29 is 4.57 Å². The van der Waals surface area contributed by atoms with Crippen molar-refractivity contribution in [3.05, 3.63) is 84.9 Å². The molecule has 0 saturated heterocycles. The number of para-hydroxylation sites is 2. The Morgan fingerprint density at radius 2 is 1.48 bits per heavy atom. The van der Waals surface area contributed by atoms with Crippen LogP contribution in [-0.4, -0.2) is 20.9 Å². The van der Waals surface area contributed by atoms with Crippen LogP contribution in [0.3, 0.4) is 0 Å². The quantitative estimate of drug-likeness (QED) is 0.346. The van der Waals surface area contributed by atoms with E-state index in [0.29, 0.717) is 0 Å². The molecule has 130 valence electrons. The van der Waals surface area contributed by atoms with Gasteiger partial charge in [0.25, 0.3) is 5.65 Å². The molecule has 0 atom stereocenters. The average molecular weight is 369 g/mol. The van der Waals surface area contributed by atoms with Gasteiger partial charge in [0.15, 0.2) is 0 Å². The van der Waals surface area contributed by atoms with Crippen molar-refractivity contribution in [3.8, 4) is 17.1 Å². The summed E-state index contributed by atoms with van der Waals surface area (Å²) in [5.41, 5.74) is 4.12. The lowest BCUT2D eigenvalue weighted by molar-refractivity contribution is -0.609. The standard InChI is InChI=1S/C22H17N4S/c1-27-22-24-26-20(16-10-4-2-5-11-16)23-19-15-9-8-14-18(19)21(26)25(22)17-12-6-3-7-13-17/h2-15H,1H3/q+1. The molecule has 5 aromatic rings. The number of hydrogen-bond donors (Lipinski definition) is 0. The topological polar surface area (TPSA) is 34.1 Å². The molecule has 0 spiro atoms. The second-order valence-corrected chi connectivity index (χ2v) is 6.99. The van der Waals surface area contributed by atoms with Crippen molar-refractivity contribution >= 4 is 28.3 Å². The van der Waals surface area contributed by atoms with E-state index in [0.717, 1.165) is 38.8 Å². The molecule has 0 amide bonds. The summed E-state index contributed by atoms with van der Waals surface area (Å²) in [6.07, 6.45) is 2.05. The van der Waals surface area contributed by atoms with Gasteiger partial charge in [0, 0.05) is 5.56 Å². The van der Waals surface area contributed by atoms with Crippen molar-refractivity contribution in [1.29, 1.82) is 0 Å². The lowest BCUT2D eigenvalue weighted by atomic mass is 10.2. The third-order valence-corrected chi connectivity index (χ3v) is 5.22. The van der Waals surface area contributed by atoms with Gasteiger partial charge in [0.2, 0.25) is 5.82 Å². The molecule has 2 aromatic heterocycles. The largest absolute Gasteiger partial charge is 0.342 e. The third kappa shape index (κ3) is 2.59. The lowest BCUT2D eigenvalue weighted by Crippen LogP contribution is -2.32. The maximum atomic E-state index is 4.93. The summed E-state index contributed by atoms with van der Waals surface area (Å²) < 4.78 is 4.18. The number of rotatable bonds is 3. The Morgan fingerprint density at radius 1 is 0.815 bits per heavy atom. The van der Waals surface area contributed by atoms with E-state index in [2.05, 4.69) is 59.4 Å². The SMILES string of the molecule is CSc1nn2c(-c3ccccc3)nc3ccccc3c2[n+]1-c1ccccc1. The van der Waals surface area contributed by atoms with Crippen molar-refractivity contribution in [1.82, 2.24) is 14.6 Å². The van der Waals surface area contributed by atoms with Crippen LogP contribution in [0.2, 0.25) is 0 Å². The molecule has 27 heavy (non-hydrogen) atoms. The van der Waals surface area contributed by atoms with Crippen LogP contribution in [0.1, 0.15) is 0 Å². The first-order valence-corrected chi connectivity index (χ1v) is 9.97. The maximum absolute atomic E-state index is 4.93. The molecule has 0 bridgehead atoms. The minimum absolute atomic E-state index is 0.842. The van der Waals surface area contributed by atoms with Crippen molar-refractivity contribution in [2.24, 2.45) is 0 Å². The Labute approximate surface area is 161 Å². The maximum Gasteiger partial charge on any atom is 0.342 e. The summed E-state index contributed by atoms with van der Waals surface area (Å²) in [4.78, 5) is 4.93. The van der Waals surface area contributed by atoms with E-state index in [1.165, 1.54) is 0 Å². The normalized spacial score (nSPS) is 11.3. The fourth-order valence-electron chi connectivity index (χ4n) is 3.38. The van der Waals surface area contributed by atoms with Gasteiger partial charge in [0.1, 0.15) is 5.69 Å². The van der Waals surface area contributed by atoms with E-state index in [-0.39, 0.29) is 0 Å². The predicted octanol–water partition coefficient (Wildman–Crippen LogP) is 4.55. The average Bonchev–Trinajstić information content (AvgIpc) is 3.14. The molecule has 3 aromatic carbocycles. The molecule has 0 radical (unpaired) electrons. The first-order chi connectivity index (χ1) is 13.4. The molecule has 5 rings (SSSR count). The second kappa shape index (κ2) is 6.52. The monoisotopic (exact) mass is 369 g/mol. The van der Waals surface area contributed by atoms with Crippen LogP contribution in [-0.2, 0) is 0 Å². The molecular weight excluding hydrogens is 352 g/mol. The molecule has 0 N–H and O–H groups in total. The van der Waals surface area contributed by atoms with Gasteiger partial charge < -0.3 is 0 Å². The van der Waals surface area contributed by atoms with Gasteiger partial charge in [-0.2, -0.15) is 4.57 Å². The zero-order valence-electron chi connectivity index (χ0n) is 14.8. The van der Waals surface area contributed by atoms with E-state index in [4.69, 9.17) is 10.1 Å². The van der Waals surface area contributed by atoms with Crippen LogP contribution >= 0.6 is 11.8 Å². The highest BCUT2D eigenvalue weighted by Crippen LogP contribution is 2.26. The molecule has 0 aliphatic heterocycles. The highest BCUT2D eigenvalue weighted by molar-refractivity contribution is 7.98. The van der Waals surface area contributed by atoms with Crippen molar-refractivity contribution in [2.45, 2.75) is 5.16 Å². The van der Waals surface area contributed by atoms with Gasteiger partial charge in [-0.25, -0.2) is 4.98 Å². The van der Waals surface area contributed by atoms with E-state index in [1.54, 1.807) is 11.8 Å². The molecule has 0 saturated carbocycles. The summed E-state index contributed by atoms with van der Waals surface area (Å²) in [5.74, 6) is 0.842. The number of nitrogens with zero attached hydrogens (tertiary/aromatic N) is 4. The number of thioether (sulfide) groups is 1. The van der Waals surface area contributed by atoms with Gasteiger partial charge in [-0.1, -0.05) is 64.8 Å². The van der Waals surface area contributed by atoms with E-state index >= 15 is 0 Å². The molecule has 0 aliphatic carbocycles. The molecule has 0 unspecified atom stereocenters. The molecule has 4 nitrogen and oxygen atoms in total. The fraction of sp³-hybridized carbons (Fsp3) is 0.0455. The third-order valence-electron chi connectivity index (χ3n) is 4.59. The Morgan fingerprint density at radius 3 is 2.22 bits per heavy atom.